The molecular weight excluding hydrogens is 329 g/mol. The largest absolute Gasteiger partial charge is 0.396 e. The molecule has 1 aromatic carbocycles. The van der Waals surface area contributed by atoms with E-state index < -0.39 is 0 Å². The smallest absolute Gasteiger partial charge is 0.251 e. The molecule has 3 nitrogen and oxygen atoms in total. The van der Waals surface area contributed by atoms with Gasteiger partial charge in [-0.2, -0.15) is 0 Å². The molecule has 0 aromatic heterocycles. The van der Waals surface area contributed by atoms with Crippen LogP contribution in [0.25, 0.3) is 0 Å². The molecule has 1 unspecified atom stereocenters. The van der Waals surface area contributed by atoms with Gasteiger partial charge in [0.1, 0.15) is 0 Å². The lowest BCUT2D eigenvalue weighted by Crippen LogP contribution is -2.32. The van der Waals surface area contributed by atoms with Gasteiger partial charge < -0.3 is 10.4 Å². The maximum atomic E-state index is 11.9. The van der Waals surface area contributed by atoms with Crippen molar-refractivity contribution in [2.24, 2.45) is 0 Å². The predicted molar refractivity (Wildman–Crippen MR) is 77.1 cm³/mol. The van der Waals surface area contributed by atoms with E-state index in [-0.39, 0.29) is 18.6 Å². The molecule has 0 saturated heterocycles. The number of halogens is 1. The van der Waals surface area contributed by atoms with Crippen LogP contribution in [0.4, 0.5) is 0 Å². The maximum absolute atomic E-state index is 11.9. The molecule has 0 heterocycles. The number of aliphatic hydroxyl groups excluding tert-OH is 1. The summed E-state index contributed by atoms with van der Waals surface area (Å²) in [5, 5.41) is 11.6. The Morgan fingerprint density at radius 3 is 2.82 bits per heavy atom. The summed E-state index contributed by atoms with van der Waals surface area (Å²) < 4.78 is 1.10. The highest BCUT2D eigenvalue weighted by molar-refractivity contribution is 14.1. The Balaban J connectivity index is 2.60. The van der Waals surface area contributed by atoms with Gasteiger partial charge in [-0.3, -0.25) is 4.79 Å². The van der Waals surface area contributed by atoms with Gasteiger partial charge in [0.25, 0.3) is 5.91 Å². The SMILES string of the molecule is Cc1ccc(C(=O)NC(C)CCCO)cc1I. The minimum Gasteiger partial charge on any atom is -0.396 e. The number of benzene rings is 1. The Morgan fingerprint density at radius 2 is 2.24 bits per heavy atom. The molecule has 0 aliphatic carbocycles. The highest BCUT2D eigenvalue weighted by Gasteiger charge is 2.10. The molecule has 0 fully saturated rings. The molecule has 2 N–H and O–H groups in total. The summed E-state index contributed by atoms with van der Waals surface area (Å²) in [5.41, 5.74) is 1.87. The lowest BCUT2D eigenvalue weighted by atomic mass is 10.1. The predicted octanol–water partition coefficient (Wildman–Crippen LogP) is 2.49. The molecule has 0 saturated carbocycles. The first-order valence-electron chi connectivity index (χ1n) is 5.72. The Bertz CT molecular complexity index is 393. The van der Waals surface area contributed by atoms with Crippen molar-refractivity contribution in [2.75, 3.05) is 6.61 Å². The van der Waals surface area contributed by atoms with Crippen molar-refractivity contribution >= 4 is 28.5 Å². The second kappa shape index (κ2) is 6.96. The summed E-state index contributed by atoms with van der Waals surface area (Å²) >= 11 is 2.23. The van der Waals surface area contributed by atoms with Gasteiger partial charge in [0.05, 0.1) is 0 Å². The Morgan fingerprint density at radius 1 is 1.53 bits per heavy atom. The van der Waals surface area contributed by atoms with Crippen LogP contribution in [0, 0.1) is 10.5 Å². The van der Waals surface area contributed by atoms with E-state index >= 15 is 0 Å². The average molecular weight is 347 g/mol. The molecule has 1 rings (SSSR count). The van der Waals surface area contributed by atoms with Crippen molar-refractivity contribution in [3.05, 3.63) is 32.9 Å². The molecule has 1 amide bonds. The molecule has 94 valence electrons. The fourth-order valence-electron chi connectivity index (χ4n) is 1.51. The number of carbonyl (C=O) groups excluding carboxylic acids is 1. The lowest BCUT2D eigenvalue weighted by Gasteiger charge is -2.13. The first-order chi connectivity index (χ1) is 8.04. The summed E-state index contributed by atoms with van der Waals surface area (Å²) in [6.07, 6.45) is 1.51. The van der Waals surface area contributed by atoms with Crippen LogP contribution in [0.2, 0.25) is 0 Å². The first-order valence-corrected chi connectivity index (χ1v) is 6.80. The van der Waals surface area contributed by atoms with Crippen LogP contribution >= 0.6 is 22.6 Å². The Hall–Kier alpha value is -0.620. The number of amides is 1. The van der Waals surface area contributed by atoms with E-state index in [9.17, 15) is 4.79 Å². The van der Waals surface area contributed by atoms with Gasteiger partial charge in [-0.1, -0.05) is 6.07 Å². The van der Waals surface area contributed by atoms with Crippen molar-refractivity contribution in [3.8, 4) is 0 Å². The number of hydrogen-bond acceptors (Lipinski definition) is 2. The third-order valence-electron chi connectivity index (χ3n) is 2.61. The van der Waals surface area contributed by atoms with Crippen LogP contribution in [0.15, 0.2) is 18.2 Å². The minimum absolute atomic E-state index is 0.0478. The van der Waals surface area contributed by atoms with E-state index in [1.165, 1.54) is 5.56 Å². The van der Waals surface area contributed by atoms with Crippen LogP contribution in [0.3, 0.4) is 0 Å². The van der Waals surface area contributed by atoms with E-state index in [1.807, 2.05) is 32.0 Å². The van der Waals surface area contributed by atoms with Gasteiger partial charge in [-0.25, -0.2) is 0 Å². The Labute approximate surface area is 116 Å². The van der Waals surface area contributed by atoms with Crippen molar-refractivity contribution in [2.45, 2.75) is 32.7 Å². The summed E-state index contributed by atoms with van der Waals surface area (Å²) in [4.78, 5) is 11.9. The van der Waals surface area contributed by atoms with Crippen molar-refractivity contribution < 1.29 is 9.90 Å². The van der Waals surface area contributed by atoms with Gasteiger partial charge >= 0.3 is 0 Å². The number of aliphatic hydroxyl groups is 1. The number of hydrogen-bond donors (Lipinski definition) is 2. The van der Waals surface area contributed by atoms with Crippen LogP contribution in [0.5, 0.6) is 0 Å². The number of nitrogens with one attached hydrogen (secondary N) is 1. The zero-order valence-electron chi connectivity index (χ0n) is 10.2. The van der Waals surface area contributed by atoms with Crippen molar-refractivity contribution in [1.29, 1.82) is 0 Å². The first kappa shape index (κ1) is 14.4. The van der Waals surface area contributed by atoms with Crippen LogP contribution in [-0.2, 0) is 0 Å². The fraction of sp³-hybridized carbons (Fsp3) is 0.462. The molecule has 4 heteroatoms. The highest BCUT2D eigenvalue weighted by Crippen LogP contribution is 2.13. The van der Waals surface area contributed by atoms with Gasteiger partial charge in [-0.05, 0) is 67.0 Å². The van der Waals surface area contributed by atoms with E-state index in [1.54, 1.807) is 0 Å². The summed E-state index contributed by atoms with van der Waals surface area (Å²) in [5.74, 6) is -0.0478. The normalized spacial score (nSPS) is 12.2. The van der Waals surface area contributed by atoms with Crippen molar-refractivity contribution in [1.82, 2.24) is 5.32 Å². The van der Waals surface area contributed by atoms with Crippen LogP contribution in [0.1, 0.15) is 35.7 Å². The zero-order chi connectivity index (χ0) is 12.8. The van der Waals surface area contributed by atoms with Crippen LogP contribution < -0.4 is 5.32 Å². The third kappa shape index (κ3) is 4.63. The fourth-order valence-corrected chi connectivity index (χ4v) is 2.03. The molecular formula is C13H18INO2. The zero-order valence-corrected chi connectivity index (χ0v) is 12.3. The second-order valence-electron chi connectivity index (χ2n) is 4.20. The molecule has 0 bridgehead atoms. The molecule has 0 radical (unpaired) electrons. The second-order valence-corrected chi connectivity index (χ2v) is 5.37. The summed E-state index contributed by atoms with van der Waals surface area (Å²) in [6.45, 7) is 4.14. The lowest BCUT2D eigenvalue weighted by molar-refractivity contribution is 0.0936. The summed E-state index contributed by atoms with van der Waals surface area (Å²) in [7, 11) is 0. The monoisotopic (exact) mass is 347 g/mol. The molecule has 1 atom stereocenters. The van der Waals surface area contributed by atoms with E-state index in [4.69, 9.17) is 5.11 Å². The van der Waals surface area contributed by atoms with E-state index in [0.29, 0.717) is 12.0 Å². The molecule has 17 heavy (non-hydrogen) atoms. The third-order valence-corrected chi connectivity index (χ3v) is 3.77. The molecule has 0 aliphatic rings. The van der Waals surface area contributed by atoms with Gasteiger partial charge in [-0.15, -0.1) is 0 Å². The van der Waals surface area contributed by atoms with Gasteiger partial charge in [0.15, 0.2) is 0 Å². The quantitative estimate of drug-likeness (QED) is 0.804. The van der Waals surface area contributed by atoms with E-state index in [2.05, 4.69) is 27.9 Å². The molecule has 0 aliphatic heterocycles. The number of rotatable bonds is 5. The Kier molecular flexibility index (Phi) is 5.91. The highest BCUT2D eigenvalue weighted by atomic mass is 127. The average Bonchev–Trinajstić information content (AvgIpc) is 2.30. The standard InChI is InChI=1S/C13H18INO2/c1-9-5-6-11(8-12(9)14)13(17)15-10(2)4-3-7-16/h5-6,8,10,16H,3-4,7H2,1-2H3,(H,15,17). The van der Waals surface area contributed by atoms with Crippen molar-refractivity contribution in [3.63, 3.8) is 0 Å². The number of aryl methyl sites for hydroxylation is 1. The molecule has 0 spiro atoms. The summed E-state index contributed by atoms with van der Waals surface area (Å²) in [6, 6.07) is 5.78. The maximum Gasteiger partial charge on any atom is 0.251 e. The van der Waals surface area contributed by atoms with Crippen LogP contribution in [-0.4, -0.2) is 23.7 Å². The van der Waals surface area contributed by atoms with Gasteiger partial charge in [0, 0.05) is 21.8 Å². The topological polar surface area (TPSA) is 49.3 Å². The molecule has 1 aromatic rings. The van der Waals surface area contributed by atoms with E-state index in [0.717, 1.165) is 9.99 Å². The minimum atomic E-state index is -0.0478. The van der Waals surface area contributed by atoms with Gasteiger partial charge in [0.2, 0.25) is 0 Å². The number of carbonyl (C=O) groups is 1.